The van der Waals surface area contributed by atoms with E-state index in [4.69, 9.17) is 4.74 Å². The Labute approximate surface area is 109 Å². The van der Waals surface area contributed by atoms with Crippen LogP contribution in [0.1, 0.15) is 5.56 Å². The van der Waals surface area contributed by atoms with Crippen molar-refractivity contribution in [2.24, 2.45) is 4.99 Å². The molecule has 100 valence electrons. The Morgan fingerprint density at radius 1 is 1.42 bits per heavy atom. The number of ether oxygens (including phenoxy) is 2. The molecule has 0 atom stereocenters. The van der Waals surface area contributed by atoms with E-state index in [-0.39, 0.29) is 12.6 Å². The molecule has 1 N–H and O–H groups in total. The Morgan fingerprint density at radius 3 is 2.68 bits per heavy atom. The molecule has 19 heavy (non-hydrogen) atoms. The Morgan fingerprint density at radius 2 is 2.11 bits per heavy atom. The molecular weight excluding hydrogens is 250 g/mol. The summed E-state index contributed by atoms with van der Waals surface area (Å²) in [6.45, 7) is 0.260. The molecule has 0 aliphatic carbocycles. The van der Waals surface area contributed by atoms with Crippen molar-refractivity contribution in [3.05, 3.63) is 29.8 Å². The van der Waals surface area contributed by atoms with Gasteiger partial charge < -0.3 is 9.47 Å². The second kappa shape index (κ2) is 5.38. The van der Waals surface area contributed by atoms with E-state index in [1.165, 1.54) is 12.0 Å². The lowest BCUT2D eigenvalue weighted by Gasteiger charge is -2.20. The van der Waals surface area contributed by atoms with Crippen LogP contribution in [0.5, 0.6) is 0 Å². The van der Waals surface area contributed by atoms with Gasteiger partial charge in [-0.15, -0.1) is 0 Å². The van der Waals surface area contributed by atoms with Gasteiger partial charge in [0.1, 0.15) is 6.67 Å². The van der Waals surface area contributed by atoms with E-state index in [0.29, 0.717) is 11.3 Å². The summed E-state index contributed by atoms with van der Waals surface area (Å²) >= 11 is 0. The molecule has 0 fully saturated rings. The summed E-state index contributed by atoms with van der Waals surface area (Å²) in [6, 6.07) is 6.73. The van der Waals surface area contributed by atoms with Crippen molar-refractivity contribution in [2.45, 2.75) is 0 Å². The van der Waals surface area contributed by atoms with Crippen LogP contribution >= 0.6 is 0 Å². The van der Waals surface area contributed by atoms with Gasteiger partial charge in [0.05, 0.1) is 7.11 Å². The molecule has 0 saturated carbocycles. The van der Waals surface area contributed by atoms with Crippen LogP contribution in [-0.2, 0) is 9.47 Å². The number of carbonyl (C=O) groups excluding carboxylic acids is 2. The topological polar surface area (TPSA) is 80.2 Å². The van der Waals surface area contributed by atoms with Crippen LogP contribution in [-0.4, -0.2) is 43.8 Å². The van der Waals surface area contributed by atoms with Crippen LogP contribution < -0.4 is 5.32 Å². The van der Waals surface area contributed by atoms with Crippen molar-refractivity contribution >= 4 is 23.8 Å². The number of benzene rings is 1. The van der Waals surface area contributed by atoms with E-state index in [1.54, 1.807) is 31.3 Å². The van der Waals surface area contributed by atoms with E-state index in [2.05, 4.69) is 15.0 Å². The maximum atomic E-state index is 11.4. The van der Waals surface area contributed by atoms with E-state index in [1.807, 2.05) is 0 Å². The maximum Gasteiger partial charge on any atom is 0.417 e. The number of carbonyl (C=O) groups is 2. The fraction of sp³-hybridized carbons (Fsp3) is 0.250. The van der Waals surface area contributed by atoms with Crippen molar-refractivity contribution < 1.29 is 19.1 Å². The summed E-state index contributed by atoms with van der Waals surface area (Å²) in [5.74, 6) is 0.271. The molecule has 1 aromatic carbocycles. The minimum Gasteiger partial charge on any atom is -0.453 e. The summed E-state index contributed by atoms with van der Waals surface area (Å²) in [4.78, 5) is 27.9. The highest BCUT2D eigenvalue weighted by Gasteiger charge is 2.20. The third-order valence-corrected chi connectivity index (χ3v) is 2.49. The molecule has 2 rings (SSSR count). The number of hydrogen-bond acceptors (Lipinski definition) is 5. The number of nitrogens with one attached hydrogen (secondary N) is 1. The zero-order chi connectivity index (χ0) is 13.8. The van der Waals surface area contributed by atoms with Gasteiger partial charge >= 0.3 is 12.2 Å². The van der Waals surface area contributed by atoms with Crippen LogP contribution in [0.15, 0.2) is 29.3 Å². The quantitative estimate of drug-likeness (QED) is 0.879. The first-order chi connectivity index (χ1) is 9.10. The van der Waals surface area contributed by atoms with Crippen molar-refractivity contribution in [1.82, 2.24) is 4.90 Å². The summed E-state index contributed by atoms with van der Waals surface area (Å²) in [5.41, 5.74) is 1.24. The van der Waals surface area contributed by atoms with Gasteiger partial charge in [0.2, 0.25) is 5.90 Å². The predicted octanol–water partition coefficient (Wildman–Crippen LogP) is 1.65. The highest BCUT2D eigenvalue weighted by molar-refractivity contribution is 6.01. The van der Waals surface area contributed by atoms with Crippen molar-refractivity contribution in [3.8, 4) is 0 Å². The molecule has 2 amide bonds. The van der Waals surface area contributed by atoms with Gasteiger partial charge in [-0.2, -0.15) is 0 Å². The molecule has 0 unspecified atom stereocenters. The third-order valence-electron chi connectivity index (χ3n) is 2.49. The molecule has 1 aromatic rings. The number of rotatable bonds is 2. The highest BCUT2D eigenvalue weighted by atomic mass is 16.6. The first kappa shape index (κ1) is 12.9. The van der Waals surface area contributed by atoms with E-state index in [9.17, 15) is 9.59 Å². The van der Waals surface area contributed by atoms with Crippen LogP contribution in [0.25, 0.3) is 0 Å². The number of nitrogens with zero attached hydrogens (tertiary/aromatic N) is 2. The average molecular weight is 263 g/mol. The maximum absolute atomic E-state index is 11.4. The summed E-state index contributed by atoms with van der Waals surface area (Å²) in [6.07, 6.45) is -0.988. The monoisotopic (exact) mass is 263 g/mol. The number of hydrogen-bond donors (Lipinski definition) is 1. The van der Waals surface area contributed by atoms with Crippen LogP contribution in [0.2, 0.25) is 0 Å². The molecular formula is C12H13N3O4. The fourth-order valence-electron chi connectivity index (χ4n) is 1.44. The molecule has 0 saturated heterocycles. The SMILES string of the molecule is COC(=O)Nc1ccc(C2=NCN(C)C(=O)O2)cc1. The molecule has 0 spiro atoms. The zero-order valence-corrected chi connectivity index (χ0v) is 10.5. The second-order valence-electron chi connectivity index (χ2n) is 3.86. The predicted molar refractivity (Wildman–Crippen MR) is 68.1 cm³/mol. The summed E-state index contributed by atoms with van der Waals surface area (Å²) in [7, 11) is 2.89. The van der Waals surface area contributed by atoms with Gasteiger partial charge in [-0.25, -0.2) is 14.6 Å². The number of cyclic esters (lactones) is 1. The molecule has 7 heteroatoms. The summed E-state index contributed by atoms with van der Waals surface area (Å²) < 4.78 is 9.53. The first-order valence-corrected chi connectivity index (χ1v) is 5.53. The Hall–Kier alpha value is -2.57. The third kappa shape index (κ3) is 3.01. The Balaban J connectivity index is 2.10. The molecule has 1 aliphatic rings. The van der Waals surface area contributed by atoms with E-state index in [0.717, 1.165) is 0 Å². The van der Waals surface area contributed by atoms with Gasteiger partial charge in [0.15, 0.2) is 0 Å². The smallest absolute Gasteiger partial charge is 0.417 e. The average Bonchev–Trinajstić information content (AvgIpc) is 2.42. The Bertz CT molecular complexity index is 524. The lowest BCUT2D eigenvalue weighted by Crippen LogP contribution is -2.34. The molecule has 1 heterocycles. The number of amides is 2. The molecule has 0 bridgehead atoms. The fourth-order valence-corrected chi connectivity index (χ4v) is 1.44. The minimum atomic E-state index is -0.546. The van der Waals surface area contributed by atoms with Crippen LogP contribution in [0.3, 0.4) is 0 Å². The normalized spacial score (nSPS) is 14.5. The molecule has 0 radical (unpaired) electrons. The number of methoxy groups -OCH3 is 1. The lowest BCUT2D eigenvalue weighted by molar-refractivity contribution is 0.153. The minimum absolute atomic E-state index is 0.260. The number of anilines is 1. The molecule has 0 aromatic heterocycles. The van der Waals surface area contributed by atoms with Crippen LogP contribution in [0, 0.1) is 0 Å². The highest BCUT2D eigenvalue weighted by Crippen LogP contribution is 2.13. The van der Waals surface area contributed by atoms with Crippen LogP contribution in [0.4, 0.5) is 15.3 Å². The van der Waals surface area contributed by atoms with Crippen molar-refractivity contribution in [2.75, 3.05) is 26.1 Å². The Kier molecular flexibility index (Phi) is 3.65. The molecule has 1 aliphatic heterocycles. The van der Waals surface area contributed by atoms with Gasteiger partial charge in [-0.05, 0) is 24.3 Å². The van der Waals surface area contributed by atoms with Gasteiger partial charge in [0, 0.05) is 18.3 Å². The second-order valence-corrected chi connectivity index (χ2v) is 3.86. The largest absolute Gasteiger partial charge is 0.453 e. The van der Waals surface area contributed by atoms with Gasteiger partial charge in [-0.1, -0.05) is 0 Å². The standard InChI is InChI=1S/C12H13N3O4/c1-15-7-13-10(19-12(15)17)8-3-5-9(6-4-8)14-11(16)18-2/h3-6H,7H2,1-2H3,(H,14,16). The van der Waals surface area contributed by atoms with Gasteiger partial charge in [0.25, 0.3) is 0 Å². The lowest BCUT2D eigenvalue weighted by atomic mass is 10.2. The van der Waals surface area contributed by atoms with Gasteiger partial charge in [-0.3, -0.25) is 10.2 Å². The zero-order valence-electron chi connectivity index (χ0n) is 10.5. The number of aliphatic imine (C=N–C) groups is 1. The first-order valence-electron chi connectivity index (χ1n) is 5.53. The van der Waals surface area contributed by atoms with E-state index >= 15 is 0 Å². The van der Waals surface area contributed by atoms with E-state index < -0.39 is 12.2 Å². The summed E-state index contributed by atoms with van der Waals surface area (Å²) in [5, 5.41) is 2.52. The van der Waals surface area contributed by atoms with Crippen molar-refractivity contribution in [1.29, 1.82) is 0 Å². The van der Waals surface area contributed by atoms with Crippen molar-refractivity contribution in [3.63, 3.8) is 0 Å². The molecule has 7 nitrogen and oxygen atoms in total.